The van der Waals surface area contributed by atoms with Crippen molar-refractivity contribution >= 4 is 29.3 Å². The highest BCUT2D eigenvalue weighted by Gasteiger charge is 2.14. The van der Waals surface area contributed by atoms with Crippen molar-refractivity contribution < 1.29 is 18.7 Å². The van der Waals surface area contributed by atoms with Crippen molar-refractivity contribution in [2.45, 2.75) is 13.8 Å². The molecule has 0 spiro atoms. The summed E-state index contributed by atoms with van der Waals surface area (Å²) in [6.45, 7) is 6.91. The standard InChI is InChI=1S/C30H33FN8O3/c1-4-39(5-2)18-17-33-27(40)23-13-10-21(19-25(23)31)37-30(41)36-20-8-11-22(12-9-20)42-28-24(7-6-15-34-28)26-14-16-35-29(32-3)38-26/h6-16,19H,4-5,17-18H2,1-3H3,(H,33,40)(H,32,35,38)(H2,36,37,41). The van der Waals surface area contributed by atoms with Crippen LogP contribution in [0, 0.1) is 5.82 Å². The van der Waals surface area contributed by atoms with Gasteiger partial charge in [-0.15, -0.1) is 0 Å². The van der Waals surface area contributed by atoms with Gasteiger partial charge in [0, 0.05) is 43.9 Å². The highest BCUT2D eigenvalue weighted by molar-refractivity contribution is 6.00. The molecule has 0 saturated carbocycles. The van der Waals surface area contributed by atoms with Crippen molar-refractivity contribution in [3.8, 4) is 22.9 Å². The Morgan fingerprint density at radius 1 is 0.929 bits per heavy atom. The number of urea groups is 1. The van der Waals surface area contributed by atoms with E-state index in [1.54, 1.807) is 55.8 Å². The molecule has 0 unspecified atom stereocenters. The maximum absolute atomic E-state index is 14.6. The van der Waals surface area contributed by atoms with Gasteiger partial charge in [-0.3, -0.25) is 4.79 Å². The number of hydrogen-bond donors (Lipinski definition) is 4. The van der Waals surface area contributed by atoms with Crippen LogP contribution in [0.25, 0.3) is 11.3 Å². The van der Waals surface area contributed by atoms with Crippen molar-refractivity contribution in [2.24, 2.45) is 0 Å². The summed E-state index contributed by atoms with van der Waals surface area (Å²) in [6, 6.07) is 15.4. The first-order valence-corrected chi connectivity index (χ1v) is 13.5. The van der Waals surface area contributed by atoms with Gasteiger partial charge in [0.1, 0.15) is 11.6 Å². The third-order valence-electron chi connectivity index (χ3n) is 6.33. The number of hydrogen-bond acceptors (Lipinski definition) is 8. The molecule has 0 fully saturated rings. The van der Waals surface area contributed by atoms with E-state index in [-0.39, 0.29) is 11.3 Å². The summed E-state index contributed by atoms with van der Waals surface area (Å²) in [5.41, 5.74) is 1.94. The molecule has 0 aliphatic carbocycles. The van der Waals surface area contributed by atoms with Crippen LogP contribution in [0.2, 0.25) is 0 Å². The minimum Gasteiger partial charge on any atom is -0.438 e. The van der Waals surface area contributed by atoms with Crippen LogP contribution in [0.1, 0.15) is 24.2 Å². The topological polar surface area (TPSA) is 133 Å². The first-order chi connectivity index (χ1) is 20.4. The molecule has 2 aromatic heterocycles. The number of carbonyl (C=O) groups excluding carboxylic acids is 2. The molecule has 12 heteroatoms. The number of likely N-dealkylation sites (N-methyl/N-ethyl adjacent to an activating group) is 1. The van der Waals surface area contributed by atoms with Gasteiger partial charge in [-0.2, -0.15) is 0 Å². The largest absolute Gasteiger partial charge is 0.438 e. The minimum absolute atomic E-state index is 0.0886. The maximum atomic E-state index is 14.6. The lowest BCUT2D eigenvalue weighted by Gasteiger charge is -2.18. The van der Waals surface area contributed by atoms with Gasteiger partial charge in [-0.25, -0.2) is 24.1 Å². The number of anilines is 3. The molecule has 0 saturated heterocycles. The summed E-state index contributed by atoms with van der Waals surface area (Å²) in [6.07, 6.45) is 3.26. The van der Waals surface area contributed by atoms with Gasteiger partial charge in [-0.05, 0) is 73.8 Å². The molecule has 4 aromatic rings. The Morgan fingerprint density at radius 2 is 1.67 bits per heavy atom. The van der Waals surface area contributed by atoms with Crippen LogP contribution in [-0.2, 0) is 0 Å². The quantitative estimate of drug-likeness (QED) is 0.181. The summed E-state index contributed by atoms with van der Waals surface area (Å²) < 4.78 is 20.6. The van der Waals surface area contributed by atoms with E-state index in [2.05, 4.69) is 41.1 Å². The van der Waals surface area contributed by atoms with Crippen molar-refractivity contribution in [2.75, 3.05) is 49.2 Å². The lowest BCUT2D eigenvalue weighted by atomic mass is 10.1. The lowest BCUT2D eigenvalue weighted by molar-refractivity contribution is 0.0945. The second-order valence-corrected chi connectivity index (χ2v) is 9.05. The van der Waals surface area contributed by atoms with Gasteiger partial charge < -0.3 is 30.9 Å². The molecule has 2 aromatic carbocycles. The molecule has 0 aliphatic rings. The van der Waals surface area contributed by atoms with E-state index in [0.29, 0.717) is 47.6 Å². The number of benzene rings is 2. The summed E-state index contributed by atoms with van der Waals surface area (Å²) >= 11 is 0. The molecular formula is C30H33FN8O3. The summed E-state index contributed by atoms with van der Waals surface area (Å²) in [5.74, 6) is 0.0985. The Labute approximate surface area is 243 Å². The zero-order valence-electron chi connectivity index (χ0n) is 23.6. The Balaban J connectivity index is 1.33. The monoisotopic (exact) mass is 572 g/mol. The molecule has 4 rings (SSSR count). The molecule has 2 heterocycles. The number of halogens is 1. The Morgan fingerprint density at radius 3 is 2.38 bits per heavy atom. The SMILES string of the molecule is CCN(CC)CCNC(=O)c1ccc(NC(=O)Nc2ccc(Oc3ncccc3-c3ccnc(NC)n3)cc2)cc1F. The molecule has 0 aliphatic heterocycles. The average molecular weight is 573 g/mol. The predicted octanol–water partition coefficient (Wildman–Crippen LogP) is 5.23. The number of ether oxygens (including phenoxy) is 1. The third-order valence-corrected chi connectivity index (χ3v) is 6.33. The summed E-state index contributed by atoms with van der Waals surface area (Å²) in [4.78, 5) is 40.0. The Kier molecular flexibility index (Phi) is 10.3. The van der Waals surface area contributed by atoms with Gasteiger partial charge in [0.05, 0.1) is 16.8 Å². The van der Waals surface area contributed by atoms with Crippen LogP contribution in [0.4, 0.5) is 26.5 Å². The normalized spacial score (nSPS) is 10.7. The molecule has 0 radical (unpaired) electrons. The fourth-order valence-electron chi connectivity index (χ4n) is 4.05. The molecule has 11 nitrogen and oxygen atoms in total. The van der Waals surface area contributed by atoms with Crippen molar-refractivity contribution in [1.29, 1.82) is 0 Å². The second kappa shape index (κ2) is 14.5. The van der Waals surface area contributed by atoms with Crippen molar-refractivity contribution in [3.05, 3.63) is 84.4 Å². The molecule has 0 bridgehead atoms. The number of amides is 3. The number of pyridine rings is 1. The number of carbonyl (C=O) groups is 2. The summed E-state index contributed by atoms with van der Waals surface area (Å²) in [5, 5.41) is 10.9. The smallest absolute Gasteiger partial charge is 0.323 e. The zero-order valence-corrected chi connectivity index (χ0v) is 23.6. The Hall–Kier alpha value is -5.10. The first kappa shape index (κ1) is 29.9. The maximum Gasteiger partial charge on any atom is 0.323 e. The van der Waals surface area contributed by atoms with Crippen molar-refractivity contribution in [3.63, 3.8) is 0 Å². The molecule has 218 valence electrons. The van der Waals surface area contributed by atoms with E-state index >= 15 is 0 Å². The van der Waals surface area contributed by atoms with E-state index in [1.165, 1.54) is 12.1 Å². The van der Waals surface area contributed by atoms with Gasteiger partial charge in [0.2, 0.25) is 11.8 Å². The fraction of sp³-hybridized carbons (Fsp3) is 0.233. The van der Waals surface area contributed by atoms with E-state index in [4.69, 9.17) is 4.74 Å². The molecule has 0 atom stereocenters. The highest BCUT2D eigenvalue weighted by atomic mass is 19.1. The minimum atomic E-state index is -0.729. The number of nitrogens with one attached hydrogen (secondary N) is 4. The predicted molar refractivity (Wildman–Crippen MR) is 160 cm³/mol. The van der Waals surface area contributed by atoms with Crippen LogP contribution in [0.3, 0.4) is 0 Å². The third kappa shape index (κ3) is 7.98. The van der Waals surface area contributed by atoms with E-state index < -0.39 is 17.8 Å². The number of rotatable bonds is 12. The average Bonchev–Trinajstić information content (AvgIpc) is 3.00. The lowest BCUT2D eigenvalue weighted by Crippen LogP contribution is -2.35. The molecule has 3 amide bonds. The van der Waals surface area contributed by atoms with E-state index in [1.807, 2.05) is 19.9 Å². The number of aromatic nitrogens is 3. The van der Waals surface area contributed by atoms with E-state index in [0.717, 1.165) is 19.2 Å². The van der Waals surface area contributed by atoms with Crippen LogP contribution < -0.4 is 26.0 Å². The second-order valence-electron chi connectivity index (χ2n) is 9.05. The fourth-order valence-corrected chi connectivity index (χ4v) is 4.05. The highest BCUT2D eigenvalue weighted by Crippen LogP contribution is 2.31. The van der Waals surface area contributed by atoms with Gasteiger partial charge in [0.25, 0.3) is 5.91 Å². The zero-order chi connectivity index (χ0) is 29.9. The van der Waals surface area contributed by atoms with Gasteiger partial charge >= 0.3 is 6.03 Å². The first-order valence-electron chi connectivity index (χ1n) is 13.5. The van der Waals surface area contributed by atoms with E-state index in [9.17, 15) is 14.0 Å². The molecule has 42 heavy (non-hydrogen) atoms. The van der Waals surface area contributed by atoms with Gasteiger partial charge in [-0.1, -0.05) is 13.8 Å². The van der Waals surface area contributed by atoms with Crippen LogP contribution in [0.5, 0.6) is 11.6 Å². The Bertz CT molecular complexity index is 1510. The summed E-state index contributed by atoms with van der Waals surface area (Å²) in [7, 11) is 1.74. The van der Waals surface area contributed by atoms with Crippen LogP contribution in [-0.4, -0.2) is 65.0 Å². The van der Waals surface area contributed by atoms with Crippen molar-refractivity contribution in [1.82, 2.24) is 25.2 Å². The van der Waals surface area contributed by atoms with Crippen LogP contribution >= 0.6 is 0 Å². The molecular weight excluding hydrogens is 539 g/mol. The molecule has 4 N–H and O–H groups in total. The van der Waals surface area contributed by atoms with Gasteiger partial charge in [0.15, 0.2) is 0 Å². The van der Waals surface area contributed by atoms with Crippen LogP contribution in [0.15, 0.2) is 73.1 Å². The number of nitrogens with zero attached hydrogens (tertiary/aromatic N) is 4.